The molecule has 1 aliphatic carbocycles. The minimum Gasteiger partial charge on any atom is -0.392 e. The van der Waals surface area contributed by atoms with E-state index in [1.807, 2.05) is 13.8 Å². The Labute approximate surface area is 113 Å². The molecule has 0 saturated heterocycles. The molecule has 0 aliphatic heterocycles. The lowest BCUT2D eigenvalue weighted by Crippen LogP contribution is -2.57. The van der Waals surface area contributed by atoms with Crippen molar-refractivity contribution in [3.05, 3.63) is 21.7 Å². The summed E-state index contributed by atoms with van der Waals surface area (Å²) in [4.78, 5) is 15.6. The highest BCUT2D eigenvalue weighted by atomic mass is 32.1. The predicted octanol–water partition coefficient (Wildman–Crippen LogP) is 1.88. The van der Waals surface area contributed by atoms with Crippen LogP contribution in [0.4, 0.5) is 11.6 Å². The SMILES string of the molecule is CC1(C)C(O)CC1Nc1nc2sccn2c1[N+](=O)[O-]. The number of hydrogen-bond donors (Lipinski definition) is 2. The summed E-state index contributed by atoms with van der Waals surface area (Å²) in [6.45, 7) is 3.87. The molecule has 0 bridgehead atoms. The van der Waals surface area contributed by atoms with Crippen molar-refractivity contribution in [2.24, 2.45) is 5.41 Å². The van der Waals surface area contributed by atoms with Gasteiger partial charge in [0.05, 0.1) is 6.10 Å². The molecule has 1 fully saturated rings. The zero-order valence-corrected chi connectivity index (χ0v) is 11.3. The third-order valence-electron chi connectivity index (χ3n) is 3.94. The Morgan fingerprint density at radius 1 is 1.68 bits per heavy atom. The molecule has 3 rings (SSSR count). The first-order valence-corrected chi connectivity index (χ1v) is 6.83. The minimum absolute atomic E-state index is 0.00851. The number of rotatable bonds is 3. The number of fused-ring (bicyclic) bond motifs is 1. The highest BCUT2D eigenvalue weighted by molar-refractivity contribution is 7.15. The number of hydrogen-bond acceptors (Lipinski definition) is 6. The van der Waals surface area contributed by atoms with E-state index in [9.17, 15) is 15.2 Å². The van der Waals surface area contributed by atoms with Gasteiger partial charge in [-0.15, -0.1) is 0 Å². The zero-order chi connectivity index (χ0) is 13.8. The van der Waals surface area contributed by atoms with Crippen LogP contribution in [0, 0.1) is 15.5 Å². The molecule has 2 unspecified atom stereocenters. The normalized spacial score (nSPS) is 25.2. The molecule has 19 heavy (non-hydrogen) atoms. The standard InChI is InChI=1S/C11H14N4O3S/c1-11(2)6(5-7(11)16)12-8-9(15(17)18)14-3-4-19-10(14)13-8/h3-4,6-7,12,16H,5H2,1-2H3. The lowest BCUT2D eigenvalue weighted by atomic mass is 9.64. The maximum absolute atomic E-state index is 11.2. The first-order valence-electron chi connectivity index (χ1n) is 5.96. The Morgan fingerprint density at radius 2 is 2.42 bits per heavy atom. The van der Waals surface area contributed by atoms with Gasteiger partial charge in [0.1, 0.15) is 6.20 Å². The number of nitro groups is 1. The Kier molecular flexibility index (Phi) is 2.55. The molecule has 2 atom stereocenters. The second-order valence-electron chi connectivity index (χ2n) is 5.37. The van der Waals surface area contributed by atoms with Crippen LogP contribution in [0.2, 0.25) is 0 Å². The van der Waals surface area contributed by atoms with E-state index < -0.39 is 4.92 Å². The molecule has 102 valence electrons. The Morgan fingerprint density at radius 3 is 3.00 bits per heavy atom. The summed E-state index contributed by atoms with van der Waals surface area (Å²) < 4.78 is 1.47. The van der Waals surface area contributed by atoms with Crippen molar-refractivity contribution >= 4 is 27.9 Å². The maximum Gasteiger partial charge on any atom is 0.372 e. The van der Waals surface area contributed by atoms with Crippen LogP contribution in [0.25, 0.3) is 4.96 Å². The second-order valence-corrected chi connectivity index (χ2v) is 6.24. The summed E-state index contributed by atoms with van der Waals surface area (Å²) in [7, 11) is 0. The third kappa shape index (κ3) is 1.71. The maximum atomic E-state index is 11.2. The van der Waals surface area contributed by atoms with Gasteiger partial charge in [0.15, 0.2) is 0 Å². The van der Waals surface area contributed by atoms with Gasteiger partial charge in [0, 0.05) is 16.8 Å². The van der Waals surface area contributed by atoms with E-state index in [0.29, 0.717) is 11.4 Å². The molecule has 2 N–H and O–H groups in total. The Bertz CT molecular complexity index is 647. The van der Waals surface area contributed by atoms with Crippen molar-refractivity contribution in [3.8, 4) is 0 Å². The predicted molar refractivity (Wildman–Crippen MR) is 71.5 cm³/mol. The fourth-order valence-corrected chi connectivity index (χ4v) is 3.07. The van der Waals surface area contributed by atoms with Crippen LogP contribution in [0.15, 0.2) is 11.6 Å². The molecule has 2 aromatic rings. The molecule has 8 heteroatoms. The van der Waals surface area contributed by atoms with Crippen molar-refractivity contribution < 1.29 is 10.0 Å². The van der Waals surface area contributed by atoms with E-state index in [2.05, 4.69) is 10.3 Å². The number of nitrogens with one attached hydrogen (secondary N) is 1. The van der Waals surface area contributed by atoms with Gasteiger partial charge in [0.25, 0.3) is 4.96 Å². The van der Waals surface area contributed by atoms with Crippen LogP contribution >= 0.6 is 11.3 Å². The summed E-state index contributed by atoms with van der Waals surface area (Å²) in [6.07, 6.45) is 1.83. The van der Waals surface area contributed by atoms with Gasteiger partial charge in [0.2, 0.25) is 5.82 Å². The molecule has 0 radical (unpaired) electrons. The molecule has 7 nitrogen and oxygen atoms in total. The molecule has 1 aliphatic rings. The van der Waals surface area contributed by atoms with Crippen LogP contribution < -0.4 is 5.32 Å². The quantitative estimate of drug-likeness (QED) is 0.662. The molecule has 0 spiro atoms. The minimum atomic E-state index is -0.433. The summed E-state index contributed by atoms with van der Waals surface area (Å²) in [6, 6.07) is -0.00851. The van der Waals surface area contributed by atoms with Crippen molar-refractivity contribution in [2.75, 3.05) is 5.32 Å². The van der Waals surface area contributed by atoms with Crippen LogP contribution in [-0.4, -0.2) is 31.6 Å². The van der Waals surface area contributed by atoms with Gasteiger partial charge in [-0.25, -0.2) is 0 Å². The first-order chi connectivity index (χ1) is 8.91. The zero-order valence-electron chi connectivity index (χ0n) is 10.5. The van der Waals surface area contributed by atoms with E-state index in [0.717, 1.165) is 0 Å². The molecular weight excluding hydrogens is 268 g/mol. The summed E-state index contributed by atoms with van der Waals surface area (Å²) in [5, 5.41) is 25.7. The smallest absolute Gasteiger partial charge is 0.372 e. The van der Waals surface area contributed by atoms with E-state index in [-0.39, 0.29) is 29.2 Å². The van der Waals surface area contributed by atoms with Gasteiger partial charge < -0.3 is 20.5 Å². The molecule has 1 saturated carbocycles. The fourth-order valence-electron chi connectivity index (χ4n) is 2.36. The number of aromatic nitrogens is 2. The molecular formula is C11H14N4O3S. The van der Waals surface area contributed by atoms with Crippen LogP contribution in [0.5, 0.6) is 0 Å². The number of nitrogens with zero attached hydrogens (tertiary/aromatic N) is 3. The number of thiazole rings is 1. The molecule has 0 aromatic carbocycles. The van der Waals surface area contributed by atoms with Crippen molar-refractivity contribution in [1.82, 2.24) is 9.38 Å². The lowest BCUT2D eigenvalue weighted by Gasteiger charge is -2.49. The largest absolute Gasteiger partial charge is 0.392 e. The number of aliphatic hydroxyl groups excluding tert-OH is 1. The Hall–Kier alpha value is -1.67. The number of aliphatic hydroxyl groups is 1. The van der Waals surface area contributed by atoms with Crippen LogP contribution in [0.1, 0.15) is 20.3 Å². The van der Waals surface area contributed by atoms with E-state index in [4.69, 9.17) is 0 Å². The third-order valence-corrected chi connectivity index (χ3v) is 4.69. The Balaban J connectivity index is 1.95. The highest BCUT2D eigenvalue weighted by Gasteiger charge is 2.48. The van der Waals surface area contributed by atoms with Crippen LogP contribution in [0.3, 0.4) is 0 Å². The number of imidazole rings is 1. The topological polar surface area (TPSA) is 92.7 Å². The first kappa shape index (κ1) is 12.4. The van der Waals surface area contributed by atoms with E-state index in [1.54, 1.807) is 11.6 Å². The average molecular weight is 282 g/mol. The monoisotopic (exact) mass is 282 g/mol. The van der Waals surface area contributed by atoms with Crippen molar-refractivity contribution in [2.45, 2.75) is 32.4 Å². The van der Waals surface area contributed by atoms with Gasteiger partial charge >= 0.3 is 5.82 Å². The summed E-state index contributed by atoms with van der Waals surface area (Å²) >= 11 is 1.35. The lowest BCUT2D eigenvalue weighted by molar-refractivity contribution is -0.389. The van der Waals surface area contributed by atoms with E-state index >= 15 is 0 Å². The number of anilines is 1. The molecule has 0 amide bonds. The van der Waals surface area contributed by atoms with Gasteiger partial charge in [-0.1, -0.05) is 25.2 Å². The van der Waals surface area contributed by atoms with Gasteiger partial charge in [-0.05, 0) is 11.3 Å². The van der Waals surface area contributed by atoms with E-state index in [1.165, 1.54) is 15.7 Å². The highest BCUT2D eigenvalue weighted by Crippen LogP contribution is 2.43. The second kappa shape index (κ2) is 3.91. The fraction of sp³-hybridized carbons (Fsp3) is 0.545. The van der Waals surface area contributed by atoms with Crippen LogP contribution in [-0.2, 0) is 0 Å². The van der Waals surface area contributed by atoms with Crippen molar-refractivity contribution in [1.29, 1.82) is 0 Å². The average Bonchev–Trinajstić information content (AvgIpc) is 2.87. The summed E-state index contributed by atoms with van der Waals surface area (Å²) in [5.41, 5.74) is -0.301. The molecule has 2 aromatic heterocycles. The molecule has 2 heterocycles. The van der Waals surface area contributed by atoms with Gasteiger partial charge in [-0.2, -0.15) is 9.38 Å². The van der Waals surface area contributed by atoms with Gasteiger partial charge in [-0.3, -0.25) is 0 Å². The van der Waals surface area contributed by atoms with Crippen molar-refractivity contribution in [3.63, 3.8) is 0 Å². The summed E-state index contributed by atoms with van der Waals surface area (Å²) in [5.74, 6) is 0.232.